The molecule has 1 saturated heterocycles. The van der Waals surface area contributed by atoms with Crippen LogP contribution in [0.2, 0.25) is 0 Å². The van der Waals surface area contributed by atoms with Gasteiger partial charge in [0.1, 0.15) is 24.6 Å². The summed E-state index contributed by atoms with van der Waals surface area (Å²) in [6, 6.07) is 0. The molecular formula is C11H16ClN7O5. The van der Waals surface area contributed by atoms with Crippen LogP contribution in [-0.4, -0.2) is 70.9 Å². The van der Waals surface area contributed by atoms with Crippen LogP contribution in [0.3, 0.4) is 0 Å². The Hall–Kier alpha value is -2.09. The monoisotopic (exact) mass is 361 g/mol. The number of ether oxygens (including phenoxy) is 1. The quantitative estimate of drug-likeness (QED) is 0.202. The number of hydroxylamine groups is 1. The van der Waals surface area contributed by atoms with Gasteiger partial charge in [0, 0.05) is 0 Å². The van der Waals surface area contributed by atoms with Crippen molar-refractivity contribution in [3.05, 3.63) is 12.7 Å². The van der Waals surface area contributed by atoms with Crippen LogP contribution in [-0.2, 0) is 4.74 Å². The van der Waals surface area contributed by atoms with Gasteiger partial charge in [-0.3, -0.25) is 15.2 Å². The minimum Gasteiger partial charge on any atom is -0.394 e. The lowest BCUT2D eigenvalue weighted by molar-refractivity contribution is -0.0511. The number of nitrogens with zero attached hydrogens (tertiary/aromatic N) is 5. The molecule has 12 nitrogen and oxygen atoms in total. The van der Waals surface area contributed by atoms with E-state index in [1.807, 2.05) is 0 Å². The van der Waals surface area contributed by atoms with Gasteiger partial charge in [-0.05, 0) is 0 Å². The van der Waals surface area contributed by atoms with Crippen LogP contribution in [0, 0.1) is 5.41 Å². The first-order valence-electron chi connectivity index (χ1n) is 6.58. The van der Waals surface area contributed by atoms with Gasteiger partial charge in [0.2, 0.25) is 5.96 Å². The van der Waals surface area contributed by atoms with Crippen molar-refractivity contribution in [3.8, 4) is 0 Å². The van der Waals surface area contributed by atoms with E-state index < -0.39 is 37.1 Å². The highest BCUT2D eigenvalue weighted by atomic mass is 35.5. The number of halogens is 1. The Morgan fingerprint density at radius 3 is 2.62 bits per heavy atom. The van der Waals surface area contributed by atoms with E-state index in [-0.39, 0.29) is 29.4 Å². The zero-order valence-corrected chi connectivity index (χ0v) is 12.9. The summed E-state index contributed by atoms with van der Waals surface area (Å²) in [5.41, 5.74) is 5.50. The van der Waals surface area contributed by atoms with Crippen LogP contribution < -0.4 is 10.8 Å². The molecule has 2 aromatic rings. The number of anilines is 1. The summed E-state index contributed by atoms with van der Waals surface area (Å²) in [5.74, 6) is -0.777. The third kappa shape index (κ3) is 2.75. The Kier molecular flexibility index (Phi) is 5.17. The van der Waals surface area contributed by atoms with E-state index in [0.29, 0.717) is 5.06 Å². The van der Waals surface area contributed by atoms with E-state index in [9.17, 15) is 15.4 Å². The van der Waals surface area contributed by atoms with Crippen molar-refractivity contribution in [2.45, 2.75) is 24.5 Å². The Bertz CT molecular complexity index is 743. The molecule has 1 aliphatic rings. The minimum absolute atomic E-state index is 0. The summed E-state index contributed by atoms with van der Waals surface area (Å²) in [7, 11) is 0. The van der Waals surface area contributed by atoms with E-state index in [2.05, 4.69) is 15.0 Å². The second kappa shape index (κ2) is 6.80. The average molecular weight is 362 g/mol. The first-order valence-corrected chi connectivity index (χ1v) is 6.58. The molecule has 0 saturated carbocycles. The van der Waals surface area contributed by atoms with E-state index >= 15 is 0 Å². The Morgan fingerprint density at radius 2 is 2.04 bits per heavy atom. The highest BCUT2D eigenvalue weighted by molar-refractivity contribution is 5.96. The van der Waals surface area contributed by atoms with Crippen LogP contribution in [0.15, 0.2) is 12.7 Å². The van der Waals surface area contributed by atoms with Crippen molar-refractivity contribution in [1.82, 2.24) is 19.5 Å². The van der Waals surface area contributed by atoms with Crippen molar-refractivity contribution in [1.29, 1.82) is 5.41 Å². The Labute approximate surface area is 141 Å². The number of nitrogens with one attached hydrogen (secondary N) is 1. The molecule has 13 heteroatoms. The van der Waals surface area contributed by atoms with Crippen molar-refractivity contribution in [2.24, 2.45) is 5.73 Å². The highest BCUT2D eigenvalue weighted by Crippen LogP contribution is 2.32. The van der Waals surface area contributed by atoms with Crippen LogP contribution in [0.1, 0.15) is 6.23 Å². The zero-order valence-electron chi connectivity index (χ0n) is 12.1. The fourth-order valence-electron chi connectivity index (χ4n) is 2.40. The molecule has 1 aliphatic heterocycles. The van der Waals surface area contributed by atoms with Gasteiger partial charge >= 0.3 is 0 Å². The number of hydrogen-bond acceptors (Lipinski definition) is 9. The lowest BCUT2D eigenvalue weighted by Crippen LogP contribution is -2.34. The second-order valence-corrected chi connectivity index (χ2v) is 4.95. The molecule has 0 aromatic carbocycles. The van der Waals surface area contributed by atoms with Gasteiger partial charge in [-0.15, -0.1) is 12.4 Å². The van der Waals surface area contributed by atoms with Crippen LogP contribution in [0.5, 0.6) is 0 Å². The normalized spacial score (nSPS) is 26.3. The lowest BCUT2D eigenvalue weighted by atomic mass is 10.1. The molecule has 0 bridgehead atoms. The fourth-order valence-corrected chi connectivity index (χ4v) is 2.40. The average Bonchev–Trinajstić information content (AvgIpc) is 3.08. The standard InChI is InChI=1S/C11H15N7O5.ClH/c12-11(13)18(22)9-5-8(14-2-15-9)17(3-16-5)10-7(21)6(20)4(1-19)23-10;/h2-4,6-7,10,19-22H,1H2,(H3,12,13);1H. The van der Waals surface area contributed by atoms with Crippen molar-refractivity contribution < 1.29 is 25.3 Å². The maximum atomic E-state index is 10.1. The van der Waals surface area contributed by atoms with Gasteiger partial charge in [-0.2, -0.15) is 5.06 Å². The molecule has 0 spiro atoms. The molecule has 0 aliphatic carbocycles. The number of aliphatic hydroxyl groups is 3. The largest absolute Gasteiger partial charge is 0.394 e. The van der Waals surface area contributed by atoms with Crippen molar-refractivity contribution in [2.75, 3.05) is 11.7 Å². The number of fused-ring (bicyclic) bond motifs is 1. The smallest absolute Gasteiger partial charge is 0.219 e. The van der Waals surface area contributed by atoms with Crippen LogP contribution in [0.25, 0.3) is 11.2 Å². The summed E-state index contributed by atoms with van der Waals surface area (Å²) >= 11 is 0. The summed E-state index contributed by atoms with van der Waals surface area (Å²) in [6.45, 7) is -0.462. The second-order valence-electron chi connectivity index (χ2n) is 4.95. The topological polar surface area (TPSA) is 187 Å². The predicted molar refractivity (Wildman–Crippen MR) is 81.8 cm³/mol. The Balaban J connectivity index is 0.00000208. The van der Waals surface area contributed by atoms with Crippen molar-refractivity contribution >= 4 is 35.3 Å². The molecule has 0 radical (unpaired) electrons. The molecule has 4 atom stereocenters. The van der Waals surface area contributed by atoms with Crippen LogP contribution in [0.4, 0.5) is 5.82 Å². The SMILES string of the molecule is Cl.N=C(N)N(O)c1ncnc2c1ncn2C1OC(CO)C(O)C1O. The van der Waals surface area contributed by atoms with E-state index in [0.717, 1.165) is 6.33 Å². The summed E-state index contributed by atoms with van der Waals surface area (Å²) in [6.07, 6.45) is -2.16. The third-order valence-corrected chi connectivity index (χ3v) is 3.56. The summed E-state index contributed by atoms with van der Waals surface area (Å²) in [5, 5.41) is 46.3. The van der Waals surface area contributed by atoms with Gasteiger partial charge in [0.05, 0.1) is 12.9 Å². The maximum Gasteiger partial charge on any atom is 0.219 e. The molecule has 7 N–H and O–H groups in total. The molecule has 0 amide bonds. The molecule has 3 rings (SSSR count). The van der Waals surface area contributed by atoms with E-state index in [4.69, 9.17) is 21.0 Å². The van der Waals surface area contributed by atoms with Gasteiger partial charge < -0.3 is 25.8 Å². The van der Waals surface area contributed by atoms with Gasteiger partial charge in [-0.1, -0.05) is 0 Å². The number of hydrogen-bond donors (Lipinski definition) is 6. The first-order chi connectivity index (χ1) is 11.0. The molecule has 2 aromatic heterocycles. The predicted octanol–water partition coefficient (Wildman–Crippen LogP) is -2.05. The molecular weight excluding hydrogens is 346 g/mol. The summed E-state index contributed by atoms with van der Waals surface area (Å²) in [4.78, 5) is 11.8. The molecule has 1 fully saturated rings. The zero-order chi connectivity index (χ0) is 16.7. The molecule has 4 unspecified atom stereocenters. The number of imidazole rings is 1. The van der Waals surface area contributed by atoms with E-state index in [1.165, 1.54) is 10.9 Å². The molecule has 3 heterocycles. The van der Waals surface area contributed by atoms with Crippen LogP contribution >= 0.6 is 12.4 Å². The van der Waals surface area contributed by atoms with Gasteiger partial charge in [-0.25, -0.2) is 15.0 Å². The van der Waals surface area contributed by atoms with Gasteiger partial charge in [0.25, 0.3) is 0 Å². The third-order valence-electron chi connectivity index (χ3n) is 3.56. The number of rotatable bonds is 3. The maximum absolute atomic E-state index is 10.1. The molecule has 24 heavy (non-hydrogen) atoms. The minimum atomic E-state index is -1.30. The number of aliphatic hydroxyl groups excluding tert-OH is 3. The number of aromatic nitrogens is 4. The molecule has 132 valence electrons. The van der Waals surface area contributed by atoms with Gasteiger partial charge in [0.15, 0.2) is 23.2 Å². The first kappa shape index (κ1) is 18.3. The van der Waals surface area contributed by atoms with Crippen molar-refractivity contribution in [3.63, 3.8) is 0 Å². The fraction of sp³-hybridized carbons (Fsp3) is 0.455. The Morgan fingerprint density at radius 1 is 1.33 bits per heavy atom. The summed E-state index contributed by atoms with van der Waals surface area (Å²) < 4.78 is 6.74. The lowest BCUT2D eigenvalue weighted by Gasteiger charge is -2.17. The number of nitrogens with two attached hydrogens (primary N) is 1. The van der Waals surface area contributed by atoms with E-state index in [1.54, 1.807) is 0 Å². The number of guanidine groups is 1. The highest BCUT2D eigenvalue weighted by Gasteiger charge is 2.44.